The molecule has 0 aromatic carbocycles. The maximum Gasteiger partial charge on any atom is 0.138 e. The number of fused-ring (bicyclic) bond motifs is 1. The third-order valence-corrected chi connectivity index (χ3v) is 4.28. The lowest BCUT2D eigenvalue weighted by molar-refractivity contribution is 0.166. The Balaban J connectivity index is 1.87. The smallest absolute Gasteiger partial charge is 0.138 e. The van der Waals surface area contributed by atoms with Crippen LogP contribution in [0.1, 0.15) is 38.3 Å². The molecule has 0 saturated carbocycles. The minimum atomic E-state index is 0.551. The van der Waals surface area contributed by atoms with Crippen molar-refractivity contribution in [3.63, 3.8) is 0 Å². The number of piperidine rings is 1. The average Bonchev–Trinajstić information content (AvgIpc) is 2.81. The van der Waals surface area contributed by atoms with E-state index in [0.717, 1.165) is 17.2 Å². The van der Waals surface area contributed by atoms with E-state index in [4.69, 9.17) is 16.6 Å². The predicted octanol–water partition coefficient (Wildman–Crippen LogP) is 3.58. The first-order chi connectivity index (χ1) is 9.13. The van der Waals surface area contributed by atoms with E-state index in [1.54, 1.807) is 0 Å². The monoisotopic (exact) mass is 277 g/mol. The Kier molecular flexibility index (Phi) is 3.50. The summed E-state index contributed by atoms with van der Waals surface area (Å²) in [7, 11) is 0. The second-order valence-electron chi connectivity index (χ2n) is 5.70. The summed E-state index contributed by atoms with van der Waals surface area (Å²) < 4.78 is 2.07. The van der Waals surface area contributed by atoms with Crippen molar-refractivity contribution in [3.05, 3.63) is 35.2 Å². The molecule has 2 aromatic heterocycles. The minimum Gasteiger partial charge on any atom is -0.307 e. The molecule has 2 aromatic rings. The molecule has 0 aliphatic carbocycles. The van der Waals surface area contributed by atoms with Gasteiger partial charge in [-0.05, 0) is 45.4 Å². The van der Waals surface area contributed by atoms with E-state index in [9.17, 15) is 0 Å². The van der Waals surface area contributed by atoms with Crippen LogP contribution in [0.2, 0.25) is 5.02 Å². The zero-order valence-corrected chi connectivity index (χ0v) is 12.3. The Morgan fingerprint density at radius 3 is 3.05 bits per heavy atom. The molecule has 102 valence electrons. The Morgan fingerprint density at radius 2 is 2.26 bits per heavy atom. The number of likely N-dealkylation sites (tertiary alicyclic amines) is 1. The van der Waals surface area contributed by atoms with Crippen molar-refractivity contribution in [2.75, 3.05) is 13.1 Å². The van der Waals surface area contributed by atoms with E-state index in [2.05, 4.69) is 29.3 Å². The molecule has 1 aliphatic rings. The number of rotatable bonds is 2. The van der Waals surface area contributed by atoms with Crippen LogP contribution < -0.4 is 0 Å². The summed E-state index contributed by atoms with van der Waals surface area (Å²) in [6.45, 7) is 6.88. The number of pyridine rings is 1. The summed E-state index contributed by atoms with van der Waals surface area (Å²) in [5.41, 5.74) is 2.15. The molecule has 0 N–H and O–H groups in total. The Hall–Kier alpha value is -1.06. The molecule has 1 atom stereocenters. The summed E-state index contributed by atoms with van der Waals surface area (Å²) in [5, 5.41) is 0.747. The lowest BCUT2D eigenvalue weighted by Gasteiger charge is -2.34. The van der Waals surface area contributed by atoms with Gasteiger partial charge in [-0.25, -0.2) is 4.98 Å². The maximum absolute atomic E-state index is 6.02. The van der Waals surface area contributed by atoms with Crippen molar-refractivity contribution in [3.8, 4) is 0 Å². The largest absolute Gasteiger partial charge is 0.307 e. The Bertz CT molecular complexity index is 576. The van der Waals surface area contributed by atoms with Crippen LogP contribution in [0.15, 0.2) is 24.5 Å². The number of hydrogen-bond acceptors (Lipinski definition) is 2. The average molecular weight is 278 g/mol. The van der Waals surface area contributed by atoms with Gasteiger partial charge in [-0.2, -0.15) is 0 Å². The van der Waals surface area contributed by atoms with Gasteiger partial charge in [-0.3, -0.25) is 0 Å². The summed E-state index contributed by atoms with van der Waals surface area (Å²) in [4.78, 5) is 7.29. The number of halogens is 1. The molecular weight excluding hydrogens is 258 g/mol. The highest BCUT2D eigenvalue weighted by Crippen LogP contribution is 2.27. The van der Waals surface area contributed by atoms with Gasteiger partial charge >= 0.3 is 0 Å². The van der Waals surface area contributed by atoms with Gasteiger partial charge in [0.2, 0.25) is 0 Å². The molecule has 0 spiro atoms. The molecule has 4 heteroatoms. The quantitative estimate of drug-likeness (QED) is 0.836. The van der Waals surface area contributed by atoms with Crippen LogP contribution >= 0.6 is 11.6 Å². The number of nitrogens with zero attached hydrogens (tertiary/aromatic N) is 3. The molecule has 1 fully saturated rings. The molecular formula is C15H20ClN3. The van der Waals surface area contributed by atoms with E-state index in [1.807, 2.05) is 18.3 Å². The van der Waals surface area contributed by atoms with Crippen LogP contribution in [-0.4, -0.2) is 33.4 Å². The zero-order chi connectivity index (χ0) is 13.4. The molecule has 19 heavy (non-hydrogen) atoms. The molecule has 3 rings (SSSR count). The van der Waals surface area contributed by atoms with Crippen molar-refractivity contribution in [1.82, 2.24) is 14.3 Å². The lowest BCUT2D eigenvalue weighted by atomic mass is 9.94. The zero-order valence-electron chi connectivity index (χ0n) is 11.5. The molecule has 1 saturated heterocycles. The minimum absolute atomic E-state index is 0.551. The molecule has 1 aliphatic heterocycles. The molecule has 1 unspecified atom stereocenters. The first-order valence-corrected chi connectivity index (χ1v) is 7.39. The van der Waals surface area contributed by atoms with Gasteiger partial charge in [-0.15, -0.1) is 0 Å². The summed E-state index contributed by atoms with van der Waals surface area (Å²) >= 11 is 6.02. The summed E-state index contributed by atoms with van der Waals surface area (Å²) in [6, 6.07) is 4.45. The highest BCUT2D eigenvalue weighted by atomic mass is 35.5. The van der Waals surface area contributed by atoms with Gasteiger partial charge in [-0.1, -0.05) is 11.6 Å². The standard InChI is InChI=1S/C15H20ClN3/c1-11(2)18-6-3-4-12(9-18)14-10-19-7-5-13(16)8-15(19)17-14/h5,7-8,10-12H,3-4,6,9H2,1-2H3. The van der Waals surface area contributed by atoms with Crippen molar-refractivity contribution in [2.24, 2.45) is 0 Å². The van der Waals surface area contributed by atoms with Crippen molar-refractivity contribution in [2.45, 2.75) is 38.6 Å². The Morgan fingerprint density at radius 1 is 1.42 bits per heavy atom. The van der Waals surface area contributed by atoms with Gasteiger partial charge < -0.3 is 9.30 Å². The highest BCUT2D eigenvalue weighted by molar-refractivity contribution is 6.30. The van der Waals surface area contributed by atoms with Crippen molar-refractivity contribution in [1.29, 1.82) is 0 Å². The molecule has 0 bridgehead atoms. The van der Waals surface area contributed by atoms with Crippen molar-refractivity contribution >= 4 is 17.2 Å². The third-order valence-electron chi connectivity index (χ3n) is 4.04. The van der Waals surface area contributed by atoms with E-state index >= 15 is 0 Å². The fraction of sp³-hybridized carbons (Fsp3) is 0.533. The first-order valence-electron chi connectivity index (χ1n) is 7.01. The maximum atomic E-state index is 6.02. The second kappa shape index (κ2) is 5.14. The van der Waals surface area contributed by atoms with Crippen LogP contribution in [0.25, 0.3) is 5.65 Å². The van der Waals surface area contributed by atoms with Gasteiger partial charge in [0.25, 0.3) is 0 Å². The second-order valence-corrected chi connectivity index (χ2v) is 6.14. The van der Waals surface area contributed by atoms with Crippen LogP contribution in [-0.2, 0) is 0 Å². The lowest BCUT2D eigenvalue weighted by Crippen LogP contribution is -2.39. The number of hydrogen-bond donors (Lipinski definition) is 0. The highest BCUT2D eigenvalue weighted by Gasteiger charge is 2.24. The van der Waals surface area contributed by atoms with Crippen LogP contribution in [0.3, 0.4) is 0 Å². The van der Waals surface area contributed by atoms with E-state index < -0.39 is 0 Å². The fourth-order valence-corrected chi connectivity index (χ4v) is 3.04. The van der Waals surface area contributed by atoms with Gasteiger partial charge in [0.15, 0.2) is 0 Å². The topological polar surface area (TPSA) is 20.5 Å². The number of imidazole rings is 1. The van der Waals surface area contributed by atoms with Gasteiger partial charge in [0.1, 0.15) is 5.65 Å². The first kappa shape index (κ1) is 12.9. The van der Waals surface area contributed by atoms with E-state index in [1.165, 1.54) is 25.1 Å². The molecule has 0 radical (unpaired) electrons. The van der Waals surface area contributed by atoms with Crippen LogP contribution in [0, 0.1) is 0 Å². The normalized spacial score (nSPS) is 21.4. The van der Waals surface area contributed by atoms with E-state index in [-0.39, 0.29) is 0 Å². The molecule has 3 heterocycles. The fourth-order valence-electron chi connectivity index (χ4n) is 2.89. The Labute approximate surface area is 119 Å². The van der Waals surface area contributed by atoms with Gasteiger partial charge in [0, 0.05) is 35.9 Å². The summed E-state index contributed by atoms with van der Waals surface area (Å²) in [5.74, 6) is 0.551. The molecule has 3 nitrogen and oxygen atoms in total. The third kappa shape index (κ3) is 2.63. The molecule has 0 amide bonds. The van der Waals surface area contributed by atoms with Crippen LogP contribution in [0.5, 0.6) is 0 Å². The predicted molar refractivity (Wildman–Crippen MR) is 78.9 cm³/mol. The van der Waals surface area contributed by atoms with Gasteiger partial charge in [0.05, 0.1) is 5.69 Å². The van der Waals surface area contributed by atoms with E-state index in [0.29, 0.717) is 12.0 Å². The van der Waals surface area contributed by atoms with Crippen molar-refractivity contribution < 1.29 is 0 Å². The van der Waals surface area contributed by atoms with Crippen LogP contribution in [0.4, 0.5) is 0 Å². The SMILES string of the molecule is CC(C)N1CCCC(c2cn3ccc(Cl)cc3n2)C1. The number of aromatic nitrogens is 2. The summed E-state index contributed by atoms with van der Waals surface area (Å²) in [6.07, 6.45) is 6.63.